The Morgan fingerprint density at radius 3 is 2.47 bits per heavy atom. The number of pyridine rings is 1. The Bertz CT molecular complexity index is 1510. The molecule has 1 aromatic heterocycles. The van der Waals surface area contributed by atoms with Gasteiger partial charge >= 0.3 is 0 Å². The molecule has 4 rings (SSSR count). The van der Waals surface area contributed by atoms with Gasteiger partial charge in [0.1, 0.15) is 11.1 Å². The van der Waals surface area contributed by atoms with Gasteiger partial charge in [0.15, 0.2) is 11.5 Å². The predicted molar refractivity (Wildman–Crippen MR) is 153 cm³/mol. The number of rotatable bonds is 9. The van der Waals surface area contributed by atoms with Gasteiger partial charge in [0, 0.05) is 28.9 Å². The number of halogens is 2. The molecule has 192 valence electrons. The van der Waals surface area contributed by atoms with Crippen LogP contribution in [-0.2, 0) is 4.79 Å². The summed E-state index contributed by atoms with van der Waals surface area (Å²) in [6, 6.07) is 24.5. The average Bonchev–Trinajstić information content (AvgIpc) is 2.95. The average molecular weight is 564 g/mol. The number of methoxy groups -OCH3 is 2. The number of carbonyl (C=O) groups excluding carboxylic acids is 1. The van der Waals surface area contributed by atoms with Crippen molar-refractivity contribution in [3.05, 3.63) is 88.4 Å². The van der Waals surface area contributed by atoms with E-state index in [-0.39, 0.29) is 17.4 Å². The van der Waals surface area contributed by atoms with Crippen molar-refractivity contribution in [2.24, 2.45) is 0 Å². The molecule has 0 saturated heterocycles. The molecule has 6 nitrogen and oxygen atoms in total. The molecule has 0 aliphatic rings. The molecule has 0 spiro atoms. The van der Waals surface area contributed by atoms with Crippen molar-refractivity contribution in [2.75, 3.05) is 25.3 Å². The zero-order chi connectivity index (χ0) is 27.1. The normalized spacial score (nSPS) is 10.5. The molecule has 3 aromatic carbocycles. The zero-order valence-corrected chi connectivity index (χ0v) is 23.0. The number of aromatic nitrogens is 1. The number of ether oxygens (including phenoxy) is 2. The van der Waals surface area contributed by atoms with Gasteiger partial charge in [-0.15, -0.1) is 11.8 Å². The van der Waals surface area contributed by atoms with Crippen molar-refractivity contribution in [1.29, 1.82) is 5.26 Å². The Morgan fingerprint density at radius 1 is 1.00 bits per heavy atom. The van der Waals surface area contributed by atoms with Crippen molar-refractivity contribution in [3.63, 3.8) is 0 Å². The molecule has 9 heteroatoms. The predicted octanol–water partition coefficient (Wildman–Crippen LogP) is 7.73. The number of carbonyl (C=O) groups is 1. The van der Waals surface area contributed by atoms with Gasteiger partial charge in [0.25, 0.3) is 0 Å². The Balaban J connectivity index is 1.68. The number of anilines is 1. The molecular weight excluding hydrogens is 541 g/mol. The van der Waals surface area contributed by atoms with E-state index in [0.717, 1.165) is 5.56 Å². The van der Waals surface area contributed by atoms with E-state index in [2.05, 4.69) is 11.4 Å². The summed E-state index contributed by atoms with van der Waals surface area (Å²) in [5, 5.41) is 14.1. The molecule has 1 heterocycles. The Hall–Kier alpha value is -3.70. The lowest BCUT2D eigenvalue weighted by molar-refractivity contribution is -0.115. The van der Waals surface area contributed by atoms with Crippen molar-refractivity contribution in [1.82, 2.24) is 4.98 Å². The SMILES string of the molecule is COc1cccc(-c2cc(-c3ccccc3)nc(SCCC(=O)Nc3cccc(Cl)c3Cl)c2C#N)c1OC. The summed E-state index contributed by atoms with van der Waals surface area (Å²) in [5.74, 6) is 1.23. The van der Waals surface area contributed by atoms with Gasteiger partial charge in [-0.3, -0.25) is 4.79 Å². The highest BCUT2D eigenvalue weighted by Crippen LogP contribution is 2.42. The number of nitrogens with zero attached hydrogens (tertiary/aromatic N) is 2. The second kappa shape index (κ2) is 12.7. The smallest absolute Gasteiger partial charge is 0.225 e. The van der Waals surface area contributed by atoms with Crippen LogP contribution < -0.4 is 14.8 Å². The van der Waals surface area contributed by atoms with Crippen LogP contribution in [0.25, 0.3) is 22.4 Å². The van der Waals surface area contributed by atoms with Crippen LogP contribution in [0.4, 0.5) is 5.69 Å². The fraction of sp³-hybridized carbons (Fsp3) is 0.138. The van der Waals surface area contributed by atoms with Crippen molar-refractivity contribution < 1.29 is 14.3 Å². The van der Waals surface area contributed by atoms with Crippen LogP contribution in [0.5, 0.6) is 11.5 Å². The largest absolute Gasteiger partial charge is 0.493 e. The van der Waals surface area contributed by atoms with Crippen LogP contribution in [0.3, 0.4) is 0 Å². The molecule has 0 aliphatic carbocycles. The monoisotopic (exact) mass is 563 g/mol. The standard InChI is InChI=1S/C29H23Cl2N3O3S/c1-36-25-13-6-10-19(28(25)37-2)20-16-24(18-8-4-3-5-9-18)34-29(21(20)17-32)38-15-14-26(35)33-23-12-7-11-22(30)27(23)31/h3-13,16H,14-15H2,1-2H3,(H,33,35). The third-order valence-corrected chi connectivity index (χ3v) is 7.45. The lowest BCUT2D eigenvalue weighted by Crippen LogP contribution is -2.12. The summed E-state index contributed by atoms with van der Waals surface area (Å²) in [5.41, 5.74) is 3.80. The number of nitriles is 1. The number of hydrogen-bond donors (Lipinski definition) is 1. The first kappa shape index (κ1) is 27.3. The molecular formula is C29H23Cl2N3O3S. The number of para-hydroxylation sites is 1. The van der Waals surface area contributed by atoms with Crippen molar-refractivity contribution in [3.8, 4) is 40.0 Å². The number of nitrogens with one attached hydrogen (secondary N) is 1. The Kier molecular flexibility index (Phi) is 9.14. The quantitative estimate of drug-likeness (QED) is 0.210. The molecule has 0 radical (unpaired) electrons. The van der Waals surface area contributed by atoms with E-state index in [1.807, 2.05) is 48.5 Å². The summed E-state index contributed by atoms with van der Waals surface area (Å²) in [7, 11) is 3.13. The summed E-state index contributed by atoms with van der Waals surface area (Å²) in [4.78, 5) is 17.4. The summed E-state index contributed by atoms with van der Waals surface area (Å²) in [6.45, 7) is 0. The highest BCUT2D eigenvalue weighted by molar-refractivity contribution is 7.99. The number of thioether (sulfide) groups is 1. The lowest BCUT2D eigenvalue weighted by atomic mass is 9.98. The van der Waals surface area contributed by atoms with E-state index in [9.17, 15) is 10.1 Å². The van der Waals surface area contributed by atoms with Crippen LogP contribution in [0, 0.1) is 11.3 Å². The van der Waals surface area contributed by atoms with E-state index >= 15 is 0 Å². The van der Waals surface area contributed by atoms with Crippen LogP contribution in [-0.4, -0.2) is 30.9 Å². The van der Waals surface area contributed by atoms with Gasteiger partial charge in [0.05, 0.1) is 41.2 Å². The number of amides is 1. The maximum Gasteiger partial charge on any atom is 0.225 e. The fourth-order valence-corrected chi connectivity index (χ4v) is 5.15. The highest BCUT2D eigenvalue weighted by atomic mass is 35.5. The third kappa shape index (κ3) is 6.05. The first-order valence-electron chi connectivity index (χ1n) is 11.6. The summed E-state index contributed by atoms with van der Waals surface area (Å²) < 4.78 is 11.1. The van der Waals surface area contributed by atoms with Gasteiger partial charge in [-0.05, 0) is 24.3 Å². The van der Waals surface area contributed by atoms with Crippen LogP contribution in [0.2, 0.25) is 10.0 Å². The minimum atomic E-state index is -0.228. The van der Waals surface area contributed by atoms with E-state index in [4.69, 9.17) is 37.7 Å². The minimum absolute atomic E-state index is 0.174. The Labute approximate surface area is 235 Å². The van der Waals surface area contributed by atoms with Gasteiger partial charge < -0.3 is 14.8 Å². The summed E-state index contributed by atoms with van der Waals surface area (Å²) >= 11 is 13.6. The molecule has 1 N–H and O–H groups in total. The molecule has 0 atom stereocenters. The van der Waals surface area contributed by atoms with Gasteiger partial charge in [-0.1, -0.05) is 71.7 Å². The summed E-state index contributed by atoms with van der Waals surface area (Å²) in [6.07, 6.45) is 0.174. The van der Waals surface area contributed by atoms with Gasteiger partial charge in [0.2, 0.25) is 5.91 Å². The Morgan fingerprint density at radius 2 is 1.76 bits per heavy atom. The second-order valence-electron chi connectivity index (χ2n) is 8.00. The lowest BCUT2D eigenvalue weighted by Gasteiger charge is -2.16. The molecule has 4 aromatic rings. The molecule has 0 saturated carbocycles. The fourth-order valence-electron chi connectivity index (χ4n) is 3.86. The molecule has 1 amide bonds. The number of benzene rings is 3. The van der Waals surface area contributed by atoms with E-state index in [0.29, 0.717) is 55.4 Å². The number of hydrogen-bond acceptors (Lipinski definition) is 6. The van der Waals surface area contributed by atoms with Crippen LogP contribution in [0.1, 0.15) is 12.0 Å². The van der Waals surface area contributed by atoms with E-state index < -0.39 is 0 Å². The zero-order valence-electron chi connectivity index (χ0n) is 20.6. The first-order chi connectivity index (χ1) is 18.5. The molecule has 0 unspecified atom stereocenters. The molecule has 38 heavy (non-hydrogen) atoms. The topological polar surface area (TPSA) is 84.2 Å². The van der Waals surface area contributed by atoms with E-state index in [1.54, 1.807) is 38.5 Å². The van der Waals surface area contributed by atoms with Crippen LogP contribution >= 0.6 is 35.0 Å². The van der Waals surface area contributed by atoms with Crippen molar-refractivity contribution in [2.45, 2.75) is 11.4 Å². The molecule has 0 fully saturated rings. The van der Waals surface area contributed by atoms with Gasteiger partial charge in [-0.2, -0.15) is 5.26 Å². The van der Waals surface area contributed by atoms with E-state index in [1.165, 1.54) is 11.8 Å². The molecule has 0 aliphatic heterocycles. The highest BCUT2D eigenvalue weighted by Gasteiger charge is 2.20. The maximum atomic E-state index is 12.6. The van der Waals surface area contributed by atoms with Crippen LogP contribution in [0.15, 0.2) is 77.8 Å². The maximum absolute atomic E-state index is 12.6. The minimum Gasteiger partial charge on any atom is -0.493 e. The van der Waals surface area contributed by atoms with Crippen molar-refractivity contribution >= 4 is 46.6 Å². The third-order valence-electron chi connectivity index (χ3n) is 5.65. The second-order valence-corrected chi connectivity index (χ2v) is 9.87. The van der Waals surface area contributed by atoms with Gasteiger partial charge in [-0.25, -0.2) is 4.98 Å². The first-order valence-corrected chi connectivity index (χ1v) is 13.3. The molecule has 0 bridgehead atoms.